The molecule has 6 heteroatoms. The monoisotopic (exact) mass is 261 g/mol. The van der Waals surface area contributed by atoms with Crippen LogP contribution in [0.2, 0.25) is 0 Å². The van der Waals surface area contributed by atoms with E-state index in [0.29, 0.717) is 16.9 Å². The topological polar surface area (TPSA) is 90.4 Å². The van der Waals surface area contributed by atoms with Crippen LogP contribution in [0.3, 0.4) is 0 Å². The molecule has 6 nitrogen and oxygen atoms in total. The Balaban J connectivity index is 2.64. The second-order valence-corrected chi connectivity index (χ2v) is 4.22. The van der Waals surface area contributed by atoms with E-state index in [9.17, 15) is 9.90 Å². The van der Waals surface area contributed by atoms with Gasteiger partial charge in [-0.1, -0.05) is 6.07 Å². The number of aromatic nitrogens is 2. The summed E-state index contributed by atoms with van der Waals surface area (Å²) in [5.41, 5.74) is 7.89. The highest BCUT2D eigenvalue weighted by Gasteiger charge is 2.21. The number of carbonyl (C=O) groups is 1. The maximum absolute atomic E-state index is 11.2. The largest absolute Gasteiger partial charge is 0.496 e. The molecule has 0 saturated carbocycles. The fourth-order valence-electron chi connectivity index (χ4n) is 2.01. The number of nitrogens with zero attached hydrogens (tertiary/aromatic N) is 2. The quantitative estimate of drug-likeness (QED) is 0.877. The van der Waals surface area contributed by atoms with Gasteiger partial charge in [0.1, 0.15) is 11.6 Å². The number of aryl methyl sites for hydroxylation is 2. The first-order chi connectivity index (χ1) is 8.95. The van der Waals surface area contributed by atoms with Crippen LogP contribution in [-0.2, 0) is 7.05 Å². The van der Waals surface area contributed by atoms with Gasteiger partial charge >= 0.3 is 5.97 Å². The summed E-state index contributed by atoms with van der Waals surface area (Å²) in [7, 11) is 3.20. The fourth-order valence-corrected chi connectivity index (χ4v) is 2.01. The summed E-state index contributed by atoms with van der Waals surface area (Å²) in [6.07, 6.45) is 0. The van der Waals surface area contributed by atoms with Gasteiger partial charge in [-0.15, -0.1) is 0 Å². The zero-order valence-electron chi connectivity index (χ0n) is 11.0. The van der Waals surface area contributed by atoms with Gasteiger partial charge in [0.25, 0.3) is 0 Å². The molecule has 1 heterocycles. The molecule has 1 aromatic carbocycles. The fraction of sp³-hybridized carbons (Fsp3) is 0.231. The maximum atomic E-state index is 11.2. The first-order valence-corrected chi connectivity index (χ1v) is 5.66. The van der Waals surface area contributed by atoms with Crippen LogP contribution >= 0.6 is 0 Å². The zero-order chi connectivity index (χ0) is 14.2. The van der Waals surface area contributed by atoms with E-state index >= 15 is 0 Å². The van der Waals surface area contributed by atoms with Crippen molar-refractivity contribution in [3.05, 3.63) is 29.5 Å². The molecule has 2 rings (SSSR count). The molecule has 1 aromatic heterocycles. The van der Waals surface area contributed by atoms with Gasteiger partial charge in [0.2, 0.25) is 0 Å². The second-order valence-electron chi connectivity index (χ2n) is 4.22. The van der Waals surface area contributed by atoms with Crippen LogP contribution in [-0.4, -0.2) is 28.0 Å². The van der Waals surface area contributed by atoms with Crippen molar-refractivity contribution < 1.29 is 14.6 Å². The number of hydrogen-bond donors (Lipinski definition) is 2. The Labute approximate surface area is 110 Å². The predicted molar refractivity (Wildman–Crippen MR) is 71.3 cm³/mol. The van der Waals surface area contributed by atoms with E-state index in [2.05, 4.69) is 5.10 Å². The van der Waals surface area contributed by atoms with E-state index in [4.69, 9.17) is 10.5 Å². The van der Waals surface area contributed by atoms with Crippen LogP contribution in [0.15, 0.2) is 18.2 Å². The molecule has 0 atom stereocenters. The van der Waals surface area contributed by atoms with E-state index in [1.54, 1.807) is 26.3 Å². The van der Waals surface area contributed by atoms with Crippen molar-refractivity contribution in [2.45, 2.75) is 6.92 Å². The molecule has 2 aromatic rings. The minimum absolute atomic E-state index is 0.0513. The summed E-state index contributed by atoms with van der Waals surface area (Å²) in [5, 5.41) is 13.1. The lowest BCUT2D eigenvalue weighted by Gasteiger charge is -2.07. The van der Waals surface area contributed by atoms with Crippen molar-refractivity contribution in [3.8, 4) is 16.9 Å². The number of aromatic carboxylic acids is 1. The smallest absolute Gasteiger partial charge is 0.357 e. The highest BCUT2D eigenvalue weighted by atomic mass is 16.5. The number of methoxy groups -OCH3 is 1. The summed E-state index contributed by atoms with van der Waals surface area (Å²) in [5.74, 6) is -0.0409. The standard InChI is InChI=1S/C13H15N3O3/c1-7-6-8(4-5-9(7)19-3)10-11(13(17)18)15-16(2)12(10)14/h4-6H,14H2,1-3H3,(H,17,18). The SMILES string of the molecule is COc1ccc(-c2c(C(=O)O)nn(C)c2N)cc1C. The molecule has 0 unspecified atom stereocenters. The summed E-state index contributed by atoms with van der Waals surface area (Å²) < 4.78 is 6.54. The molecule has 0 aliphatic carbocycles. The molecule has 0 aliphatic rings. The van der Waals surface area contributed by atoms with Crippen molar-refractivity contribution in [1.29, 1.82) is 0 Å². The third kappa shape index (κ3) is 2.12. The Morgan fingerprint density at radius 1 is 1.47 bits per heavy atom. The number of carboxylic acids is 1. The first kappa shape index (κ1) is 12.9. The van der Waals surface area contributed by atoms with Crippen LogP contribution in [0.1, 0.15) is 16.1 Å². The summed E-state index contributed by atoms with van der Waals surface area (Å²) >= 11 is 0. The van der Waals surface area contributed by atoms with Crippen LogP contribution < -0.4 is 10.5 Å². The number of benzene rings is 1. The summed E-state index contributed by atoms with van der Waals surface area (Å²) in [6, 6.07) is 5.38. The summed E-state index contributed by atoms with van der Waals surface area (Å²) in [4.78, 5) is 11.2. The van der Waals surface area contributed by atoms with Crippen molar-refractivity contribution in [1.82, 2.24) is 9.78 Å². The van der Waals surface area contributed by atoms with Crippen molar-refractivity contribution in [2.75, 3.05) is 12.8 Å². The molecule has 19 heavy (non-hydrogen) atoms. The molecule has 0 bridgehead atoms. The molecule has 0 aliphatic heterocycles. The van der Waals surface area contributed by atoms with Gasteiger partial charge in [0, 0.05) is 7.05 Å². The molecule has 0 amide bonds. The van der Waals surface area contributed by atoms with Crippen LogP contribution in [0.5, 0.6) is 5.75 Å². The van der Waals surface area contributed by atoms with E-state index in [0.717, 1.165) is 11.3 Å². The van der Waals surface area contributed by atoms with Gasteiger partial charge < -0.3 is 15.6 Å². The highest BCUT2D eigenvalue weighted by Crippen LogP contribution is 2.32. The first-order valence-electron chi connectivity index (χ1n) is 5.66. The lowest BCUT2D eigenvalue weighted by molar-refractivity contribution is 0.0690. The minimum Gasteiger partial charge on any atom is -0.496 e. The number of anilines is 1. The van der Waals surface area contributed by atoms with Gasteiger partial charge in [-0.05, 0) is 30.2 Å². The number of rotatable bonds is 3. The Morgan fingerprint density at radius 2 is 2.16 bits per heavy atom. The van der Waals surface area contributed by atoms with E-state index in [1.807, 2.05) is 13.0 Å². The molecule has 0 fully saturated rings. The van der Waals surface area contributed by atoms with Gasteiger partial charge in [0.05, 0.1) is 12.7 Å². The van der Waals surface area contributed by atoms with Gasteiger partial charge in [-0.2, -0.15) is 5.10 Å². The number of carboxylic acid groups (broad SMARTS) is 1. The minimum atomic E-state index is -1.10. The van der Waals surface area contributed by atoms with Crippen LogP contribution in [0.25, 0.3) is 11.1 Å². The van der Waals surface area contributed by atoms with Gasteiger partial charge in [-0.25, -0.2) is 4.79 Å². The molecule has 3 N–H and O–H groups in total. The van der Waals surface area contributed by atoms with Gasteiger partial charge in [-0.3, -0.25) is 4.68 Å². The van der Waals surface area contributed by atoms with Crippen molar-refractivity contribution in [3.63, 3.8) is 0 Å². The number of ether oxygens (including phenoxy) is 1. The zero-order valence-corrected chi connectivity index (χ0v) is 11.0. The van der Waals surface area contributed by atoms with E-state index in [1.165, 1.54) is 4.68 Å². The lowest BCUT2D eigenvalue weighted by Crippen LogP contribution is -2.00. The average molecular weight is 261 g/mol. The summed E-state index contributed by atoms with van der Waals surface area (Å²) in [6.45, 7) is 1.88. The van der Waals surface area contributed by atoms with E-state index < -0.39 is 5.97 Å². The third-order valence-electron chi connectivity index (χ3n) is 2.98. The van der Waals surface area contributed by atoms with Crippen molar-refractivity contribution in [2.24, 2.45) is 7.05 Å². The third-order valence-corrected chi connectivity index (χ3v) is 2.98. The molecule has 0 spiro atoms. The number of nitrogens with two attached hydrogens (primary N) is 1. The normalized spacial score (nSPS) is 10.5. The molecular formula is C13H15N3O3. The lowest BCUT2D eigenvalue weighted by atomic mass is 10.0. The van der Waals surface area contributed by atoms with Crippen molar-refractivity contribution >= 4 is 11.8 Å². The molecule has 0 saturated heterocycles. The average Bonchev–Trinajstić information content (AvgIpc) is 2.66. The molecular weight excluding hydrogens is 246 g/mol. The number of hydrogen-bond acceptors (Lipinski definition) is 4. The van der Waals surface area contributed by atoms with Gasteiger partial charge in [0.15, 0.2) is 5.69 Å². The Morgan fingerprint density at radius 3 is 2.68 bits per heavy atom. The molecule has 0 radical (unpaired) electrons. The number of nitrogen functional groups attached to an aromatic ring is 1. The van der Waals surface area contributed by atoms with Crippen LogP contribution in [0.4, 0.5) is 5.82 Å². The Bertz CT molecular complexity index is 647. The van der Waals surface area contributed by atoms with E-state index in [-0.39, 0.29) is 5.69 Å². The second kappa shape index (κ2) is 4.64. The Hall–Kier alpha value is -2.50. The molecule has 100 valence electrons. The maximum Gasteiger partial charge on any atom is 0.357 e. The van der Waals surface area contributed by atoms with Crippen LogP contribution in [0, 0.1) is 6.92 Å². The predicted octanol–water partition coefficient (Wildman–Crippen LogP) is 1.68. The highest BCUT2D eigenvalue weighted by molar-refractivity contribution is 5.97. The Kier molecular flexibility index (Phi) is 3.16.